The summed E-state index contributed by atoms with van der Waals surface area (Å²) in [6.45, 7) is 0. The third kappa shape index (κ3) is 7.04. The Bertz CT molecular complexity index is 1540. The third-order valence-electron chi connectivity index (χ3n) is 5.58. The van der Waals surface area contributed by atoms with E-state index in [1.165, 1.54) is 18.3 Å². The first-order chi connectivity index (χ1) is 18.8. The molecule has 39 heavy (non-hydrogen) atoms. The zero-order valence-electron chi connectivity index (χ0n) is 21.2. The van der Waals surface area contributed by atoms with Gasteiger partial charge in [-0.15, -0.1) is 0 Å². The molecule has 10 nitrogen and oxygen atoms in total. The van der Waals surface area contributed by atoms with Crippen molar-refractivity contribution in [1.29, 1.82) is 0 Å². The first kappa shape index (κ1) is 26.6. The first-order valence-electron chi connectivity index (χ1n) is 11.8. The van der Waals surface area contributed by atoms with E-state index in [1.807, 2.05) is 43.3 Å². The molecule has 1 heterocycles. The number of nitrogens with one attached hydrogen (secondary N) is 2. The van der Waals surface area contributed by atoms with Crippen molar-refractivity contribution < 1.29 is 18.9 Å². The summed E-state index contributed by atoms with van der Waals surface area (Å²) in [5.74, 6) is -0.366. The summed E-state index contributed by atoms with van der Waals surface area (Å²) in [6.07, 6.45) is 2.85. The van der Waals surface area contributed by atoms with E-state index >= 15 is 0 Å². The van der Waals surface area contributed by atoms with Gasteiger partial charge in [0.05, 0.1) is 11.1 Å². The van der Waals surface area contributed by atoms with E-state index in [0.717, 1.165) is 5.69 Å². The van der Waals surface area contributed by atoms with Gasteiger partial charge in [0.25, 0.3) is 17.5 Å². The molecule has 196 valence electrons. The Hall–Kier alpha value is -5.51. The summed E-state index contributed by atoms with van der Waals surface area (Å²) >= 11 is 0. The molecule has 4 aromatic rings. The van der Waals surface area contributed by atoms with Crippen LogP contribution < -0.4 is 15.6 Å². The van der Waals surface area contributed by atoms with Gasteiger partial charge in [-0.3, -0.25) is 19.7 Å². The molecule has 0 aliphatic heterocycles. The molecule has 3 aromatic carbocycles. The molecule has 0 saturated carbocycles. The minimum atomic E-state index is -0.641. The largest absolute Gasteiger partial charge is 0.455 e. The van der Waals surface area contributed by atoms with Gasteiger partial charge < -0.3 is 14.6 Å². The maximum absolute atomic E-state index is 13.0. The number of non-ortho nitro benzene ring substituents is 1. The summed E-state index contributed by atoms with van der Waals surface area (Å²) in [6, 6.07) is 25.3. The molecule has 0 fully saturated rings. The molecule has 0 radical (unpaired) electrons. The summed E-state index contributed by atoms with van der Waals surface area (Å²) in [5, 5.41) is 17.6. The summed E-state index contributed by atoms with van der Waals surface area (Å²) < 4.78 is 5.68. The highest BCUT2D eigenvalue weighted by molar-refractivity contribution is 6.05. The van der Waals surface area contributed by atoms with E-state index in [2.05, 4.69) is 15.8 Å². The Kier molecular flexibility index (Phi) is 8.27. The van der Waals surface area contributed by atoms with Crippen molar-refractivity contribution in [3.8, 4) is 11.3 Å². The number of amides is 2. The molecule has 0 atom stereocenters. The molecule has 1 aromatic heterocycles. The average molecular weight is 524 g/mol. The fourth-order valence-electron chi connectivity index (χ4n) is 3.54. The normalized spacial score (nSPS) is 11.3. The van der Waals surface area contributed by atoms with Crippen LogP contribution in [0.5, 0.6) is 0 Å². The number of hydrazone groups is 1. The highest BCUT2D eigenvalue weighted by atomic mass is 16.6. The van der Waals surface area contributed by atoms with Crippen LogP contribution in [0.2, 0.25) is 0 Å². The molecule has 0 unspecified atom stereocenters. The van der Waals surface area contributed by atoms with Crippen LogP contribution in [0.25, 0.3) is 17.4 Å². The number of nitro benzene ring substituents is 1. The van der Waals surface area contributed by atoms with Crippen molar-refractivity contribution in [2.45, 2.75) is 0 Å². The van der Waals surface area contributed by atoms with Gasteiger partial charge in [-0.2, -0.15) is 5.10 Å². The third-order valence-corrected chi connectivity index (χ3v) is 5.58. The number of nitro groups is 1. The predicted octanol–water partition coefficient (Wildman–Crippen LogP) is 4.84. The summed E-state index contributed by atoms with van der Waals surface area (Å²) in [7, 11) is 3.85. The monoisotopic (exact) mass is 523 g/mol. The number of anilines is 1. The van der Waals surface area contributed by atoms with Gasteiger partial charge in [0.2, 0.25) is 0 Å². The smallest absolute Gasteiger partial charge is 0.287 e. The average Bonchev–Trinajstić information content (AvgIpc) is 3.42. The van der Waals surface area contributed by atoms with Crippen molar-refractivity contribution in [1.82, 2.24) is 10.7 Å². The molecule has 2 N–H and O–H groups in total. The Labute approximate surface area is 224 Å². The highest BCUT2D eigenvalue weighted by Crippen LogP contribution is 2.25. The summed E-state index contributed by atoms with van der Waals surface area (Å²) in [5.41, 5.74) is 4.96. The maximum atomic E-state index is 13.0. The van der Waals surface area contributed by atoms with Crippen LogP contribution in [0.4, 0.5) is 11.4 Å². The van der Waals surface area contributed by atoms with Gasteiger partial charge in [-0.05, 0) is 48.0 Å². The number of furan rings is 1. The number of nitrogens with zero attached hydrogens (tertiary/aromatic N) is 3. The quantitative estimate of drug-likeness (QED) is 0.140. The lowest BCUT2D eigenvalue weighted by atomic mass is 10.1. The van der Waals surface area contributed by atoms with E-state index in [9.17, 15) is 19.7 Å². The van der Waals surface area contributed by atoms with Gasteiger partial charge in [0.1, 0.15) is 17.2 Å². The number of benzene rings is 3. The van der Waals surface area contributed by atoms with Crippen molar-refractivity contribution >= 4 is 35.5 Å². The van der Waals surface area contributed by atoms with Crippen molar-refractivity contribution in [2.75, 3.05) is 19.0 Å². The van der Waals surface area contributed by atoms with E-state index in [0.29, 0.717) is 28.2 Å². The zero-order chi connectivity index (χ0) is 27.8. The Balaban J connectivity index is 1.50. The molecule has 0 spiro atoms. The Morgan fingerprint density at radius 1 is 0.949 bits per heavy atom. The lowest BCUT2D eigenvalue weighted by molar-refractivity contribution is -0.384. The van der Waals surface area contributed by atoms with Crippen LogP contribution >= 0.6 is 0 Å². The van der Waals surface area contributed by atoms with Crippen LogP contribution in [0.3, 0.4) is 0 Å². The number of carbonyl (C=O) groups is 2. The minimum Gasteiger partial charge on any atom is -0.455 e. The molecule has 0 aliphatic rings. The van der Waals surface area contributed by atoms with Gasteiger partial charge in [0, 0.05) is 43.0 Å². The van der Waals surface area contributed by atoms with Crippen LogP contribution in [0, 0.1) is 10.1 Å². The molecule has 0 aliphatic carbocycles. The second kappa shape index (κ2) is 12.2. The minimum absolute atomic E-state index is 0.00432. The topological polar surface area (TPSA) is 130 Å². The lowest BCUT2D eigenvalue weighted by Crippen LogP contribution is -2.32. The molecule has 0 bridgehead atoms. The molecule has 4 rings (SSSR count). The van der Waals surface area contributed by atoms with Gasteiger partial charge in [0.15, 0.2) is 0 Å². The second-order valence-corrected chi connectivity index (χ2v) is 8.57. The van der Waals surface area contributed by atoms with E-state index in [-0.39, 0.29) is 11.4 Å². The van der Waals surface area contributed by atoms with Crippen LogP contribution in [0.15, 0.2) is 106 Å². The Morgan fingerprint density at radius 2 is 1.69 bits per heavy atom. The van der Waals surface area contributed by atoms with Gasteiger partial charge in [-0.25, -0.2) is 5.43 Å². The molecule has 2 amide bonds. The second-order valence-electron chi connectivity index (χ2n) is 8.57. The van der Waals surface area contributed by atoms with Crippen molar-refractivity contribution in [3.05, 3.63) is 124 Å². The van der Waals surface area contributed by atoms with Crippen molar-refractivity contribution in [3.63, 3.8) is 0 Å². The van der Waals surface area contributed by atoms with E-state index in [4.69, 9.17) is 4.42 Å². The van der Waals surface area contributed by atoms with E-state index < -0.39 is 16.7 Å². The van der Waals surface area contributed by atoms with Crippen LogP contribution in [-0.2, 0) is 4.79 Å². The number of rotatable bonds is 9. The molecule has 10 heteroatoms. The maximum Gasteiger partial charge on any atom is 0.287 e. The first-order valence-corrected chi connectivity index (χ1v) is 11.8. The number of hydrogen-bond donors (Lipinski definition) is 2. The lowest BCUT2D eigenvalue weighted by Gasteiger charge is -2.12. The van der Waals surface area contributed by atoms with Crippen LogP contribution in [-0.4, -0.2) is 37.0 Å². The number of hydrogen-bond acceptors (Lipinski definition) is 7. The molecular formula is C29H25N5O5. The fourth-order valence-corrected chi connectivity index (χ4v) is 3.54. The van der Waals surface area contributed by atoms with Gasteiger partial charge >= 0.3 is 0 Å². The molecule has 0 saturated heterocycles. The zero-order valence-corrected chi connectivity index (χ0v) is 21.2. The number of carbonyl (C=O) groups excluding carboxylic acids is 2. The summed E-state index contributed by atoms with van der Waals surface area (Å²) in [4.78, 5) is 38.3. The van der Waals surface area contributed by atoms with Gasteiger partial charge in [-0.1, -0.05) is 42.5 Å². The SMILES string of the molecule is CN(C)c1ccc(/C=C(\NC(=O)c2ccccc2)C(=O)N/N=C/c2ccc(-c3cccc([N+](=O)[O-])c3)o2)cc1. The standard InChI is InChI=1S/C29H25N5O5/c1-33(2)23-13-11-20(12-14-23)17-26(31-28(35)21-7-4-3-5-8-21)29(36)32-30-19-25-15-16-27(39-25)22-9-6-10-24(18-22)34(37)38/h3-19H,1-2H3,(H,31,35)(H,32,36)/b26-17-,30-19+. The highest BCUT2D eigenvalue weighted by Gasteiger charge is 2.15. The molecular weight excluding hydrogens is 498 g/mol. The predicted molar refractivity (Wildman–Crippen MR) is 149 cm³/mol. The van der Waals surface area contributed by atoms with E-state index in [1.54, 1.807) is 60.7 Å². The fraction of sp³-hybridized carbons (Fsp3) is 0.0690. The van der Waals surface area contributed by atoms with Crippen LogP contribution in [0.1, 0.15) is 21.7 Å². The van der Waals surface area contributed by atoms with Crippen molar-refractivity contribution in [2.24, 2.45) is 5.10 Å². The Morgan fingerprint density at radius 3 is 2.38 bits per heavy atom.